The lowest BCUT2D eigenvalue weighted by Gasteiger charge is -2.26. The number of fused-ring (bicyclic) bond motifs is 8. The number of hydrogen-bond acceptors (Lipinski definition) is 2. The second kappa shape index (κ2) is 14.3. The first-order valence-corrected chi connectivity index (χ1v) is 20.8. The van der Waals surface area contributed by atoms with Crippen LogP contribution in [0.4, 0.5) is 17.1 Å². The molecule has 0 N–H and O–H groups in total. The molecule has 0 unspecified atom stereocenters. The number of anilines is 3. The van der Waals surface area contributed by atoms with Gasteiger partial charge in [0.2, 0.25) is 0 Å². The monoisotopic (exact) mass is 778 g/mol. The maximum atomic E-state index is 6.44. The van der Waals surface area contributed by atoms with Gasteiger partial charge in [-0.05, 0) is 105 Å². The summed E-state index contributed by atoms with van der Waals surface area (Å²) in [5, 5.41) is 7.20. The van der Waals surface area contributed by atoms with Crippen LogP contribution >= 0.6 is 0 Å². The zero-order valence-electron chi connectivity index (χ0n) is 33.2. The van der Waals surface area contributed by atoms with Gasteiger partial charge in [-0.1, -0.05) is 164 Å². The third-order valence-electron chi connectivity index (χ3n) is 12.2. The van der Waals surface area contributed by atoms with Crippen molar-refractivity contribution in [3.05, 3.63) is 231 Å². The van der Waals surface area contributed by atoms with Crippen LogP contribution in [0.25, 0.3) is 93.6 Å². The molecule has 0 fully saturated rings. The number of nitrogens with zero attached hydrogens (tertiary/aromatic N) is 2. The van der Waals surface area contributed by atoms with Gasteiger partial charge >= 0.3 is 0 Å². The van der Waals surface area contributed by atoms with Gasteiger partial charge < -0.3 is 13.9 Å². The van der Waals surface area contributed by atoms with Gasteiger partial charge in [0.1, 0.15) is 11.2 Å². The Balaban J connectivity index is 1.03. The Morgan fingerprint density at radius 1 is 0.328 bits per heavy atom. The van der Waals surface area contributed by atoms with Crippen LogP contribution in [0, 0.1) is 0 Å². The van der Waals surface area contributed by atoms with E-state index in [-0.39, 0.29) is 0 Å². The third-order valence-corrected chi connectivity index (χ3v) is 12.2. The maximum Gasteiger partial charge on any atom is 0.137 e. The van der Waals surface area contributed by atoms with Crippen molar-refractivity contribution in [3.8, 4) is 39.1 Å². The fraction of sp³-hybridized carbons (Fsp3) is 0. The van der Waals surface area contributed by atoms with Crippen molar-refractivity contribution in [2.24, 2.45) is 0 Å². The fourth-order valence-electron chi connectivity index (χ4n) is 9.33. The zero-order chi connectivity index (χ0) is 40.3. The quantitative estimate of drug-likeness (QED) is 0.161. The predicted octanol–water partition coefficient (Wildman–Crippen LogP) is 16.3. The molecule has 0 aliphatic heterocycles. The Morgan fingerprint density at radius 2 is 0.918 bits per heavy atom. The van der Waals surface area contributed by atoms with Gasteiger partial charge in [-0.2, -0.15) is 0 Å². The van der Waals surface area contributed by atoms with Gasteiger partial charge in [0.25, 0.3) is 0 Å². The summed E-state index contributed by atoms with van der Waals surface area (Å²) in [6.45, 7) is 0. The topological polar surface area (TPSA) is 21.3 Å². The van der Waals surface area contributed by atoms with Crippen LogP contribution in [0.2, 0.25) is 0 Å². The summed E-state index contributed by atoms with van der Waals surface area (Å²) in [5.74, 6) is 0. The molecular weight excluding hydrogens is 741 g/mol. The van der Waals surface area contributed by atoms with Gasteiger partial charge in [0.05, 0.1) is 11.0 Å². The van der Waals surface area contributed by atoms with Gasteiger partial charge in [-0.25, -0.2) is 0 Å². The first-order valence-electron chi connectivity index (χ1n) is 20.8. The Kier molecular flexibility index (Phi) is 8.17. The van der Waals surface area contributed by atoms with Crippen molar-refractivity contribution in [2.75, 3.05) is 4.90 Å². The van der Waals surface area contributed by atoms with E-state index in [0.717, 1.165) is 44.7 Å². The van der Waals surface area contributed by atoms with Gasteiger partial charge in [0.15, 0.2) is 0 Å². The van der Waals surface area contributed by atoms with E-state index >= 15 is 0 Å². The molecule has 3 nitrogen and oxygen atoms in total. The largest absolute Gasteiger partial charge is 0.456 e. The lowest BCUT2D eigenvalue weighted by molar-refractivity contribution is 0.669. The Bertz CT molecular complexity index is 3560. The van der Waals surface area contributed by atoms with Crippen LogP contribution in [-0.2, 0) is 0 Å². The van der Waals surface area contributed by atoms with Crippen molar-refractivity contribution in [1.29, 1.82) is 0 Å². The highest BCUT2D eigenvalue weighted by Crippen LogP contribution is 2.44. The van der Waals surface area contributed by atoms with Crippen molar-refractivity contribution >= 4 is 71.6 Å². The molecule has 12 aromatic rings. The summed E-state index contributed by atoms with van der Waals surface area (Å²) >= 11 is 0. The van der Waals surface area contributed by atoms with E-state index in [9.17, 15) is 0 Å². The van der Waals surface area contributed by atoms with E-state index in [2.05, 4.69) is 228 Å². The van der Waals surface area contributed by atoms with Gasteiger partial charge in [0, 0.05) is 50.4 Å². The number of hydrogen-bond donors (Lipinski definition) is 0. The van der Waals surface area contributed by atoms with Crippen molar-refractivity contribution < 1.29 is 4.42 Å². The first-order chi connectivity index (χ1) is 30.2. The molecule has 0 saturated carbocycles. The Morgan fingerprint density at radius 3 is 1.69 bits per heavy atom. The second-order valence-electron chi connectivity index (χ2n) is 15.7. The first kappa shape index (κ1) is 34.9. The average Bonchev–Trinajstić information content (AvgIpc) is 3.88. The van der Waals surface area contributed by atoms with Gasteiger partial charge in [-0.3, -0.25) is 0 Å². The summed E-state index contributed by atoms with van der Waals surface area (Å²) in [6, 6.07) is 82.9. The normalized spacial score (nSPS) is 11.6. The van der Waals surface area contributed by atoms with Gasteiger partial charge in [-0.15, -0.1) is 0 Å². The summed E-state index contributed by atoms with van der Waals surface area (Å²) in [6.07, 6.45) is 0. The highest BCUT2D eigenvalue weighted by atomic mass is 16.3. The maximum absolute atomic E-state index is 6.44. The smallest absolute Gasteiger partial charge is 0.137 e. The molecule has 286 valence electrons. The number of furan rings is 1. The molecule has 0 atom stereocenters. The fourth-order valence-corrected chi connectivity index (χ4v) is 9.33. The highest BCUT2D eigenvalue weighted by Gasteiger charge is 2.20. The summed E-state index contributed by atoms with van der Waals surface area (Å²) in [4.78, 5) is 2.34. The lowest BCUT2D eigenvalue weighted by Crippen LogP contribution is -2.10. The number of rotatable bonds is 7. The third kappa shape index (κ3) is 5.90. The molecule has 2 heterocycles. The molecule has 0 radical (unpaired) electrons. The van der Waals surface area contributed by atoms with Crippen LogP contribution in [0.5, 0.6) is 0 Å². The van der Waals surface area contributed by atoms with E-state index < -0.39 is 0 Å². The molecule has 3 heteroatoms. The van der Waals surface area contributed by atoms with E-state index in [1.807, 2.05) is 12.1 Å². The molecule has 0 saturated heterocycles. The minimum atomic E-state index is 0.862. The minimum absolute atomic E-state index is 0.862. The molecule has 0 aliphatic carbocycles. The van der Waals surface area contributed by atoms with Crippen molar-refractivity contribution in [2.45, 2.75) is 0 Å². The van der Waals surface area contributed by atoms with E-state index in [1.54, 1.807) is 0 Å². The minimum Gasteiger partial charge on any atom is -0.456 e. The molecule has 12 rings (SSSR count). The molecule has 2 aromatic heterocycles. The van der Waals surface area contributed by atoms with E-state index in [0.29, 0.717) is 0 Å². The lowest BCUT2D eigenvalue weighted by atomic mass is 9.93. The van der Waals surface area contributed by atoms with Crippen LogP contribution in [0.15, 0.2) is 235 Å². The highest BCUT2D eigenvalue weighted by molar-refractivity contribution is 6.25. The standard InChI is InChI=1S/C58H38N2O/c1-3-13-39(14-4-1)41-25-27-43(28-26-41)49-22-11-17-44-31-36-54-58(57(44)49)52-21-7-9-23-53(52)60(54)47-19-12-18-46(37-47)59(45-32-29-42(30-33-45)40-15-5-2-6-16-40)48-34-35-51-50-20-8-10-24-55(50)61-56(51)38-48/h1-38H. The predicted molar refractivity (Wildman–Crippen MR) is 257 cm³/mol. The molecule has 0 bridgehead atoms. The second-order valence-corrected chi connectivity index (χ2v) is 15.7. The molecule has 0 aliphatic rings. The number of aromatic nitrogens is 1. The summed E-state index contributed by atoms with van der Waals surface area (Å²) in [5.41, 5.74) is 15.5. The molecule has 10 aromatic carbocycles. The van der Waals surface area contributed by atoms with Crippen LogP contribution in [0.1, 0.15) is 0 Å². The molecule has 0 spiro atoms. The molecule has 61 heavy (non-hydrogen) atoms. The van der Waals surface area contributed by atoms with Crippen molar-refractivity contribution in [3.63, 3.8) is 0 Å². The van der Waals surface area contributed by atoms with E-state index in [1.165, 1.54) is 66.0 Å². The molecule has 0 amide bonds. The average molecular weight is 779 g/mol. The number of benzene rings is 10. The zero-order valence-corrected chi connectivity index (χ0v) is 33.2. The summed E-state index contributed by atoms with van der Waals surface area (Å²) < 4.78 is 8.88. The summed E-state index contributed by atoms with van der Waals surface area (Å²) in [7, 11) is 0. The van der Waals surface area contributed by atoms with Crippen LogP contribution in [-0.4, -0.2) is 4.57 Å². The van der Waals surface area contributed by atoms with Crippen molar-refractivity contribution in [1.82, 2.24) is 4.57 Å². The Hall–Kier alpha value is -8.14. The van der Waals surface area contributed by atoms with E-state index in [4.69, 9.17) is 4.42 Å². The number of para-hydroxylation sites is 2. The Labute approximate surface area is 353 Å². The SMILES string of the molecule is c1ccc(-c2ccc(-c3cccc4ccc5c(c6ccccc6n5-c5cccc(N(c6ccc(-c7ccccc7)cc6)c6ccc7c(c6)oc6ccccc67)c5)c34)cc2)cc1. The molecular formula is C58H38N2O. The van der Waals surface area contributed by atoms with Crippen LogP contribution < -0.4 is 4.90 Å². The van der Waals surface area contributed by atoms with Crippen LogP contribution in [0.3, 0.4) is 0 Å².